The van der Waals surface area contributed by atoms with Crippen LogP contribution in [0.25, 0.3) is 0 Å². The van der Waals surface area contributed by atoms with Crippen LogP contribution in [0.2, 0.25) is 5.15 Å². The molecule has 1 aromatic rings. The zero-order valence-corrected chi connectivity index (χ0v) is 7.86. The van der Waals surface area contributed by atoms with Crippen LogP contribution < -0.4 is 5.73 Å². The molecule has 1 heterocycles. The van der Waals surface area contributed by atoms with Crippen LogP contribution >= 0.6 is 24.2 Å². The maximum absolute atomic E-state index is 5.75. The number of anilines is 1. The van der Waals surface area contributed by atoms with Gasteiger partial charge in [0.2, 0.25) is 0 Å². The van der Waals surface area contributed by atoms with Gasteiger partial charge in [0.15, 0.2) is 0 Å². The average molecular weight is 199 g/mol. The lowest BCUT2D eigenvalue weighted by atomic mass is 10.2. The van der Waals surface area contributed by atoms with Gasteiger partial charge in [-0.05, 0) is 6.07 Å². The quantitative estimate of drug-likeness (QED) is 0.378. The number of pyridine rings is 1. The summed E-state index contributed by atoms with van der Waals surface area (Å²) in [5, 5.41) is 0.337. The molecule has 2 N–H and O–H groups in total. The molecule has 0 saturated heterocycles. The number of nitrogen functional groups attached to an aromatic ring is 1. The van der Waals surface area contributed by atoms with Crippen LogP contribution in [0.1, 0.15) is 5.56 Å². The molecule has 1 rings (SSSR count). The molecule has 0 amide bonds. The van der Waals surface area contributed by atoms with Crippen molar-refractivity contribution in [2.75, 3.05) is 11.5 Å². The lowest BCUT2D eigenvalue weighted by molar-refractivity contribution is 1.32. The van der Waals surface area contributed by atoms with Crippen LogP contribution in [0.4, 0.5) is 5.69 Å². The Labute approximate surface area is 81.5 Å². The van der Waals surface area contributed by atoms with Crippen molar-refractivity contribution in [3.8, 4) is 11.8 Å². The molecule has 0 atom stereocenters. The van der Waals surface area contributed by atoms with E-state index in [4.69, 9.17) is 17.3 Å². The first-order chi connectivity index (χ1) is 5.75. The summed E-state index contributed by atoms with van der Waals surface area (Å²) in [5.41, 5.74) is 6.73. The second-order valence-corrected chi connectivity index (χ2v) is 2.70. The molecule has 12 heavy (non-hydrogen) atoms. The van der Waals surface area contributed by atoms with E-state index in [1.165, 1.54) is 0 Å². The first kappa shape index (κ1) is 9.24. The maximum Gasteiger partial charge on any atom is 0.146 e. The number of rotatable bonds is 0. The van der Waals surface area contributed by atoms with Crippen LogP contribution in [0.5, 0.6) is 0 Å². The molecule has 2 nitrogen and oxygen atoms in total. The molecule has 0 unspecified atom stereocenters. The molecule has 0 aliphatic carbocycles. The van der Waals surface area contributed by atoms with Gasteiger partial charge in [-0.15, -0.1) is 0 Å². The Morgan fingerprint density at radius 2 is 2.42 bits per heavy atom. The Morgan fingerprint density at radius 1 is 1.67 bits per heavy atom. The van der Waals surface area contributed by atoms with E-state index in [-0.39, 0.29) is 0 Å². The Kier molecular flexibility index (Phi) is 3.27. The molecule has 0 bridgehead atoms. The summed E-state index contributed by atoms with van der Waals surface area (Å²) in [5.74, 6) is 6.02. The molecule has 0 spiro atoms. The minimum absolute atomic E-state index is 0.337. The van der Waals surface area contributed by atoms with E-state index in [9.17, 15) is 0 Å². The van der Waals surface area contributed by atoms with Gasteiger partial charge in [-0.2, -0.15) is 12.6 Å². The van der Waals surface area contributed by atoms with Gasteiger partial charge in [0.1, 0.15) is 5.15 Å². The summed E-state index contributed by atoms with van der Waals surface area (Å²) in [6.07, 6.45) is 1.55. The molecule has 0 aliphatic rings. The zero-order chi connectivity index (χ0) is 8.97. The smallest absolute Gasteiger partial charge is 0.146 e. The van der Waals surface area contributed by atoms with E-state index in [0.29, 0.717) is 22.2 Å². The third-order valence-electron chi connectivity index (χ3n) is 1.23. The minimum atomic E-state index is 0.337. The molecular weight excluding hydrogens is 192 g/mol. The van der Waals surface area contributed by atoms with E-state index in [0.717, 1.165) is 0 Å². The van der Waals surface area contributed by atoms with E-state index < -0.39 is 0 Å². The Morgan fingerprint density at radius 3 is 3.00 bits per heavy atom. The predicted octanol–water partition coefficient (Wildman–Crippen LogP) is 1.60. The summed E-state index contributed by atoms with van der Waals surface area (Å²) in [6, 6.07) is 1.66. The van der Waals surface area contributed by atoms with Crippen LogP contribution in [0, 0.1) is 11.8 Å². The molecule has 0 fully saturated rings. The lowest BCUT2D eigenvalue weighted by Gasteiger charge is -1.97. The summed E-state index contributed by atoms with van der Waals surface area (Å²) in [4.78, 5) is 3.85. The van der Waals surface area contributed by atoms with Crippen molar-refractivity contribution in [2.45, 2.75) is 0 Å². The normalized spacial score (nSPS) is 8.83. The summed E-state index contributed by atoms with van der Waals surface area (Å²) < 4.78 is 0. The molecule has 0 radical (unpaired) electrons. The van der Waals surface area contributed by atoms with Crippen molar-refractivity contribution in [3.63, 3.8) is 0 Å². The van der Waals surface area contributed by atoms with E-state index >= 15 is 0 Å². The second-order valence-electron chi connectivity index (χ2n) is 2.03. The lowest BCUT2D eigenvalue weighted by Crippen LogP contribution is -1.92. The fourth-order valence-electron chi connectivity index (χ4n) is 0.702. The number of aromatic nitrogens is 1. The third-order valence-corrected chi connectivity index (χ3v) is 1.67. The second kappa shape index (κ2) is 4.24. The first-order valence-electron chi connectivity index (χ1n) is 3.25. The highest BCUT2D eigenvalue weighted by Gasteiger charge is 2.00. The van der Waals surface area contributed by atoms with Crippen molar-refractivity contribution in [3.05, 3.63) is 23.0 Å². The van der Waals surface area contributed by atoms with Gasteiger partial charge < -0.3 is 5.73 Å². The van der Waals surface area contributed by atoms with Gasteiger partial charge in [0.25, 0.3) is 0 Å². The van der Waals surface area contributed by atoms with Crippen molar-refractivity contribution >= 4 is 29.9 Å². The van der Waals surface area contributed by atoms with Gasteiger partial charge in [0, 0.05) is 6.20 Å². The summed E-state index contributed by atoms with van der Waals surface area (Å²) in [7, 11) is 0. The highest BCUT2D eigenvalue weighted by Crippen LogP contribution is 2.17. The van der Waals surface area contributed by atoms with Gasteiger partial charge in [-0.3, -0.25) is 0 Å². The molecule has 62 valence electrons. The van der Waals surface area contributed by atoms with Crippen LogP contribution in [0.3, 0.4) is 0 Å². The molecular formula is C8H7ClN2S. The zero-order valence-electron chi connectivity index (χ0n) is 6.21. The van der Waals surface area contributed by atoms with E-state index in [2.05, 4.69) is 29.5 Å². The summed E-state index contributed by atoms with van der Waals surface area (Å²) in [6.45, 7) is 0. The maximum atomic E-state index is 5.75. The van der Waals surface area contributed by atoms with Crippen LogP contribution in [-0.2, 0) is 0 Å². The molecule has 4 heteroatoms. The van der Waals surface area contributed by atoms with E-state index in [1.807, 2.05) is 0 Å². The molecule has 0 saturated carbocycles. The summed E-state index contributed by atoms with van der Waals surface area (Å²) >= 11 is 9.69. The fourth-order valence-corrected chi connectivity index (χ4v) is 0.993. The van der Waals surface area contributed by atoms with Gasteiger partial charge in [0.05, 0.1) is 17.0 Å². The monoisotopic (exact) mass is 198 g/mol. The Bertz CT molecular complexity index is 320. The van der Waals surface area contributed by atoms with E-state index in [1.54, 1.807) is 12.3 Å². The van der Waals surface area contributed by atoms with Crippen molar-refractivity contribution < 1.29 is 0 Å². The number of hydrogen-bond acceptors (Lipinski definition) is 3. The van der Waals surface area contributed by atoms with Gasteiger partial charge >= 0.3 is 0 Å². The number of nitrogens with zero attached hydrogens (tertiary/aromatic N) is 1. The highest BCUT2D eigenvalue weighted by molar-refractivity contribution is 7.80. The number of thiol groups is 1. The first-order valence-corrected chi connectivity index (χ1v) is 4.26. The van der Waals surface area contributed by atoms with Crippen LogP contribution in [0.15, 0.2) is 12.3 Å². The number of halogens is 1. The van der Waals surface area contributed by atoms with Gasteiger partial charge in [-0.1, -0.05) is 23.4 Å². The largest absolute Gasteiger partial charge is 0.398 e. The average Bonchev–Trinajstić information content (AvgIpc) is 2.04. The molecule has 0 aromatic carbocycles. The predicted molar refractivity (Wildman–Crippen MR) is 54.4 cm³/mol. The third kappa shape index (κ3) is 2.07. The SMILES string of the molecule is Nc1ccnc(Cl)c1C#CCS. The Hall–Kier alpha value is -0.850. The minimum Gasteiger partial charge on any atom is -0.398 e. The van der Waals surface area contributed by atoms with Crippen molar-refractivity contribution in [1.29, 1.82) is 0 Å². The van der Waals surface area contributed by atoms with Gasteiger partial charge in [-0.25, -0.2) is 4.98 Å². The number of hydrogen-bond donors (Lipinski definition) is 2. The highest BCUT2D eigenvalue weighted by atomic mass is 35.5. The molecule has 1 aromatic heterocycles. The standard InChI is InChI=1S/C8H7ClN2S/c9-8-6(2-1-5-12)7(10)3-4-11-8/h3-4,12H,5H2,(H2,10,11). The fraction of sp³-hybridized carbons (Fsp3) is 0.125. The number of nitrogens with two attached hydrogens (primary N) is 1. The van der Waals surface area contributed by atoms with Crippen LogP contribution in [-0.4, -0.2) is 10.7 Å². The van der Waals surface area contributed by atoms with Crippen molar-refractivity contribution in [1.82, 2.24) is 4.98 Å². The topological polar surface area (TPSA) is 38.9 Å². The van der Waals surface area contributed by atoms with Crippen molar-refractivity contribution in [2.24, 2.45) is 0 Å². The Balaban J connectivity index is 3.13. The molecule has 0 aliphatic heterocycles.